The van der Waals surface area contributed by atoms with E-state index in [9.17, 15) is 8.42 Å². The van der Waals surface area contributed by atoms with Crippen LogP contribution in [-0.4, -0.2) is 49.8 Å². The van der Waals surface area contributed by atoms with E-state index in [1.165, 1.54) is 12.8 Å². The van der Waals surface area contributed by atoms with Crippen LogP contribution >= 0.6 is 0 Å². The topological polar surface area (TPSA) is 64.4 Å². The van der Waals surface area contributed by atoms with Crippen LogP contribution in [0.5, 0.6) is 0 Å². The van der Waals surface area contributed by atoms with Crippen LogP contribution in [0, 0.1) is 11.3 Å². The number of hydrogen-bond donors (Lipinski definition) is 0. The zero-order valence-electron chi connectivity index (χ0n) is 11.9. The predicted molar refractivity (Wildman–Crippen MR) is 79.9 cm³/mol. The van der Waals surface area contributed by atoms with E-state index in [2.05, 4.69) is 4.90 Å². The average molecular weight is 305 g/mol. The second-order valence-corrected chi connectivity index (χ2v) is 7.70. The van der Waals surface area contributed by atoms with Gasteiger partial charge in [0.25, 0.3) is 0 Å². The van der Waals surface area contributed by atoms with Crippen LogP contribution in [-0.2, 0) is 15.8 Å². The van der Waals surface area contributed by atoms with Crippen LogP contribution in [0.3, 0.4) is 0 Å². The molecule has 0 spiro atoms. The van der Waals surface area contributed by atoms with Crippen molar-refractivity contribution in [2.24, 2.45) is 0 Å². The highest BCUT2D eigenvalue weighted by molar-refractivity contribution is 7.88. The Morgan fingerprint density at radius 1 is 1.10 bits per heavy atom. The molecule has 0 radical (unpaired) electrons. The summed E-state index contributed by atoms with van der Waals surface area (Å²) in [6.45, 7) is 2.87. The predicted octanol–water partition coefficient (Wildman–Crippen LogP) is 1.17. The van der Waals surface area contributed by atoms with Gasteiger partial charge in [-0.25, -0.2) is 8.42 Å². The molecule has 5 nitrogen and oxygen atoms in total. The van der Waals surface area contributed by atoms with Crippen molar-refractivity contribution in [2.75, 3.05) is 26.2 Å². The van der Waals surface area contributed by atoms with Crippen molar-refractivity contribution < 1.29 is 8.42 Å². The zero-order chi connectivity index (χ0) is 14.9. The van der Waals surface area contributed by atoms with Crippen LogP contribution in [0.1, 0.15) is 24.0 Å². The van der Waals surface area contributed by atoms with Crippen molar-refractivity contribution in [1.29, 1.82) is 5.26 Å². The summed E-state index contributed by atoms with van der Waals surface area (Å²) in [7, 11) is -3.26. The third kappa shape index (κ3) is 3.43. The summed E-state index contributed by atoms with van der Waals surface area (Å²) in [6, 6.07) is 9.50. The Bertz CT molecular complexity index is 636. The summed E-state index contributed by atoms with van der Waals surface area (Å²) in [4.78, 5) is 2.40. The number of sulfonamides is 1. The first-order valence-corrected chi connectivity index (χ1v) is 8.90. The van der Waals surface area contributed by atoms with Crippen molar-refractivity contribution >= 4 is 10.0 Å². The third-order valence-electron chi connectivity index (χ3n) is 4.16. The van der Waals surface area contributed by atoms with E-state index in [1.807, 2.05) is 6.07 Å². The largest absolute Gasteiger partial charge is 0.298 e. The van der Waals surface area contributed by atoms with Crippen LogP contribution < -0.4 is 0 Å². The Hall–Kier alpha value is -1.42. The standard InChI is InChI=1S/C15H19N3O2S/c16-11-13-1-3-14(4-2-13)12-21(19,20)18-9-7-17(8-10-18)15-5-6-15/h1-4,15H,5-10,12H2. The Morgan fingerprint density at radius 3 is 2.24 bits per heavy atom. The van der Waals surface area contributed by atoms with Gasteiger partial charge in [0.15, 0.2) is 0 Å². The lowest BCUT2D eigenvalue weighted by molar-refractivity contribution is 0.180. The Balaban J connectivity index is 1.62. The fourth-order valence-corrected chi connectivity index (χ4v) is 4.28. The summed E-state index contributed by atoms with van der Waals surface area (Å²) in [5.41, 5.74) is 1.29. The number of nitriles is 1. The van der Waals surface area contributed by atoms with E-state index in [0.29, 0.717) is 24.7 Å². The minimum atomic E-state index is -3.26. The van der Waals surface area contributed by atoms with E-state index >= 15 is 0 Å². The minimum absolute atomic E-state index is 0.0160. The highest BCUT2D eigenvalue weighted by atomic mass is 32.2. The van der Waals surface area contributed by atoms with Crippen LogP contribution in [0.4, 0.5) is 0 Å². The maximum absolute atomic E-state index is 12.4. The molecule has 1 aliphatic heterocycles. The van der Waals surface area contributed by atoms with Gasteiger partial charge in [0.05, 0.1) is 17.4 Å². The fraction of sp³-hybridized carbons (Fsp3) is 0.533. The van der Waals surface area contributed by atoms with Crippen molar-refractivity contribution in [3.05, 3.63) is 35.4 Å². The zero-order valence-corrected chi connectivity index (χ0v) is 12.7. The molecular weight excluding hydrogens is 286 g/mol. The number of hydrogen-bond acceptors (Lipinski definition) is 4. The lowest BCUT2D eigenvalue weighted by Gasteiger charge is -2.34. The van der Waals surface area contributed by atoms with Gasteiger partial charge in [-0.3, -0.25) is 4.90 Å². The molecule has 3 rings (SSSR count). The summed E-state index contributed by atoms with van der Waals surface area (Å²) in [5.74, 6) is 0.0160. The van der Waals surface area contributed by atoms with Gasteiger partial charge in [-0.1, -0.05) is 12.1 Å². The van der Waals surface area contributed by atoms with Gasteiger partial charge in [0, 0.05) is 32.2 Å². The highest BCUT2D eigenvalue weighted by Crippen LogP contribution is 2.28. The Labute approximate surface area is 125 Å². The quantitative estimate of drug-likeness (QED) is 0.837. The summed E-state index contributed by atoms with van der Waals surface area (Å²) >= 11 is 0. The van der Waals surface area contributed by atoms with Crippen molar-refractivity contribution in [2.45, 2.75) is 24.6 Å². The lowest BCUT2D eigenvalue weighted by Crippen LogP contribution is -2.49. The molecule has 1 saturated carbocycles. The molecule has 1 aromatic carbocycles. The monoisotopic (exact) mass is 305 g/mol. The lowest BCUT2D eigenvalue weighted by atomic mass is 10.2. The van der Waals surface area contributed by atoms with Gasteiger partial charge in [0.1, 0.15) is 0 Å². The second kappa shape index (κ2) is 5.76. The van der Waals surface area contributed by atoms with Crippen molar-refractivity contribution in [3.8, 4) is 6.07 Å². The molecule has 0 N–H and O–H groups in total. The second-order valence-electron chi connectivity index (χ2n) is 5.73. The molecule has 21 heavy (non-hydrogen) atoms. The van der Waals surface area contributed by atoms with E-state index in [-0.39, 0.29) is 5.75 Å². The molecule has 0 aromatic heterocycles. The minimum Gasteiger partial charge on any atom is -0.298 e. The van der Waals surface area contributed by atoms with Gasteiger partial charge < -0.3 is 0 Å². The first-order chi connectivity index (χ1) is 10.1. The molecule has 2 aliphatic rings. The number of nitrogens with zero attached hydrogens (tertiary/aromatic N) is 3. The number of benzene rings is 1. The van der Waals surface area contributed by atoms with Gasteiger partial charge in [-0.15, -0.1) is 0 Å². The van der Waals surface area contributed by atoms with Gasteiger partial charge >= 0.3 is 0 Å². The molecule has 0 unspecified atom stereocenters. The first kappa shape index (κ1) is 14.5. The van der Waals surface area contributed by atoms with Crippen molar-refractivity contribution in [1.82, 2.24) is 9.21 Å². The SMILES string of the molecule is N#Cc1ccc(CS(=O)(=O)N2CCN(C3CC3)CC2)cc1. The van der Waals surface area contributed by atoms with Gasteiger partial charge in [-0.2, -0.15) is 9.57 Å². The van der Waals surface area contributed by atoms with Crippen LogP contribution in [0.15, 0.2) is 24.3 Å². The third-order valence-corrected chi connectivity index (χ3v) is 6.01. The van der Waals surface area contributed by atoms with E-state index < -0.39 is 10.0 Å². The molecule has 1 aromatic rings. The van der Waals surface area contributed by atoms with E-state index in [0.717, 1.165) is 18.7 Å². The molecular formula is C15H19N3O2S. The average Bonchev–Trinajstić information content (AvgIpc) is 3.32. The smallest absolute Gasteiger partial charge is 0.218 e. The van der Waals surface area contributed by atoms with Gasteiger partial charge in [-0.05, 0) is 30.5 Å². The molecule has 2 fully saturated rings. The van der Waals surface area contributed by atoms with E-state index in [4.69, 9.17) is 5.26 Å². The van der Waals surface area contributed by atoms with Crippen LogP contribution in [0.2, 0.25) is 0 Å². The van der Waals surface area contributed by atoms with Gasteiger partial charge in [0.2, 0.25) is 10.0 Å². The number of piperazine rings is 1. The molecule has 1 aliphatic carbocycles. The molecule has 0 bridgehead atoms. The molecule has 6 heteroatoms. The summed E-state index contributed by atoms with van der Waals surface area (Å²) in [5, 5.41) is 8.76. The highest BCUT2D eigenvalue weighted by Gasteiger charge is 2.34. The van der Waals surface area contributed by atoms with Crippen molar-refractivity contribution in [3.63, 3.8) is 0 Å². The normalized spacial score (nSPS) is 21.1. The summed E-state index contributed by atoms with van der Waals surface area (Å²) < 4.78 is 26.5. The first-order valence-electron chi connectivity index (χ1n) is 7.29. The Kier molecular flexibility index (Phi) is 3.98. The van der Waals surface area contributed by atoms with Crippen LogP contribution in [0.25, 0.3) is 0 Å². The fourth-order valence-electron chi connectivity index (χ4n) is 2.76. The molecule has 0 amide bonds. The molecule has 1 saturated heterocycles. The maximum Gasteiger partial charge on any atom is 0.218 e. The molecule has 112 valence electrons. The van der Waals surface area contributed by atoms with E-state index in [1.54, 1.807) is 28.6 Å². The Morgan fingerprint density at radius 2 is 1.71 bits per heavy atom. The summed E-state index contributed by atoms with van der Waals surface area (Å²) in [6.07, 6.45) is 2.52. The molecule has 1 heterocycles. The number of rotatable bonds is 4. The molecule has 0 atom stereocenters. The maximum atomic E-state index is 12.4.